The standard InChI is InChI=1S/C11H18N4/c1-15-7-4-9(8-15)10-3-6-13-11(14-10)2-5-12/h3,6,9H,2,4-5,7-8,12H2,1H3. The molecule has 2 heterocycles. The summed E-state index contributed by atoms with van der Waals surface area (Å²) < 4.78 is 0. The minimum Gasteiger partial charge on any atom is -0.330 e. The Kier molecular flexibility index (Phi) is 3.28. The third-order valence-electron chi connectivity index (χ3n) is 2.90. The molecule has 2 N–H and O–H groups in total. The Morgan fingerprint density at radius 1 is 1.60 bits per heavy atom. The Morgan fingerprint density at radius 2 is 2.47 bits per heavy atom. The number of rotatable bonds is 3. The van der Waals surface area contributed by atoms with Crippen LogP contribution in [0, 0.1) is 0 Å². The largest absolute Gasteiger partial charge is 0.330 e. The quantitative estimate of drug-likeness (QED) is 0.777. The second-order valence-corrected chi connectivity index (χ2v) is 4.18. The van der Waals surface area contributed by atoms with Crippen LogP contribution in [-0.2, 0) is 6.42 Å². The van der Waals surface area contributed by atoms with Gasteiger partial charge in [-0.15, -0.1) is 0 Å². The van der Waals surface area contributed by atoms with Gasteiger partial charge in [-0.2, -0.15) is 0 Å². The highest BCUT2D eigenvalue weighted by molar-refractivity contribution is 5.11. The zero-order valence-electron chi connectivity index (χ0n) is 9.19. The maximum Gasteiger partial charge on any atom is 0.129 e. The summed E-state index contributed by atoms with van der Waals surface area (Å²) in [5.74, 6) is 1.46. The predicted octanol–water partition coefficient (Wildman–Crippen LogP) is 0.397. The lowest BCUT2D eigenvalue weighted by atomic mass is 10.0. The van der Waals surface area contributed by atoms with E-state index < -0.39 is 0 Å². The minimum absolute atomic E-state index is 0.578. The second kappa shape index (κ2) is 4.68. The Labute approximate surface area is 90.5 Å². The molecule has 1 atom stereocenters. The van der Waals surface area contributed by atoms with Crippen molar-refractivity contribution < 1.29 is 0 Å². The van der Waals surface area contributed by atoms with Gasteiger partial charge >= 0.3 is 0 Å². The Bertz CT molecular complexity index is 326. The lowest BCUT2D eigenvalue weighted by Gasteiger charge is -2.10. The molecule has 1 aromatic heterocycles. The summed E-state index contributed by atoms with van der Waals surface area (Å²) >= 11 is 0. The third kappa shape index (κ3) is 2.52. The molecule has 0 spiro atoms. The summed E-state index contributed by atoms with van der Waals surface area (Å²) in [5.41, 5.74) is 6.68. The van der Waals surface area contributed by atoms with E-state index in [1.54, 1.807) is 0 Å². The first kappa shape index (κ1) is 10.5. The van der Waals surface area contributed by atoms with Crippen molar-refractivity contribution in [3.63, 3.8) is 0 Å². The van der Waals surface area contributed by atoms with Gasteiger partial charge in [-0.3, -0.25) is 0 Å². The molecule has 1 aliphatic heterocycles. The third-order valence-corrected chi connectivity index (χ3v) is 2.90. The van der Waals surface area contributed by atoms with E-state index in [9.17, 15) is 0 Å². The molecular weight excluding hydrogens is 188 g/mol. The second-order valence-electron chi connectivity index (χ2n) is 4.18. The van der Waals surface area contributed by atoms with Crippen LogP contribution in [0.3, 0.4) is 0 Å². The van der Waals surface area contributed by atoms with E-state index in [-0.39, 0.29) is 0 Å². The number of nitrogens with two attached hydrogens (primary N) is 1. The maximum atomic E-state index is 5.50. The molecule has 0 saturated carbocycles. The van der Waals surface area contributed by atoms with Gasteiger partial charge in [-0.25, -0.2) is 9.97 Å². The number of hydrogen-bond acceptors (Lipinski definition) is 4. The molecule has 1 aliphatic rings. The van der Waals surface area contributed by atoms with Gasteiger partial charge in [0.15, 0.2) is 0 Å². The van der Waals surface area contributed by atoms with Gasteiger partial charge < -0.3 is 10.6 Å². The molecule has 82 valence electrons. The summed E-state index contributed by atoms with van der Waals surface area (Å²) in [7, 11) is 2.15. The maximum absolute atomic E-state index is 5.50. The van der Waals surface area contributed by atoms with Crippen LogP contribution < -0.4 is 5.73 Å². The van der Waals surface area contributed by atoms with E-state index in [2.05, 4.69) is 21.9 Å². The number of nitrogens with zero attached hydrogens (tertiary/aromatic N) is 3. The minimum atomic E-state index is 0.578. The molecule has 2 rings (SSSR count). The molecule has 4 heteroatoms. The van der Waals surface area contributed by atoms with E-state index in [4.69, 9.17) is 5.73 Å². The molecule has 1 aromatic rings. The Morgan fingerprint density at radius 3 is 3.13 bits per heavy atom. The first-order chi connectivity index (χ1) is 7.29. The van der Waals surface area contributed by atoms with Crippen LogP contribution in [0.25, 0.3) is 0 Å². The smallest absolute Gasteiger partial charge is 0.129 e. The SMILES string of the molecule is CN1CCC(c2ccnc(CCN)n2)C1. The number of aromatic nitrogens is 2. The van der Waals surface area contributed by atoms with E-state index in [0.717, 1.165) is 18.8 Å². The monoisotopic (exact) mass is 206 g/mol. The number of likely N-dealkylation sites (N-methyl/N-ethyl adjacent to an activating group) is 1. The van der Waals surface area contributed by atoms with Crippen LogP contribution in [0.4, 0.5) is 0 Å². The normalized spacial score (nSPS) is 22.1. The summed E-state index contributed by atoms with van der Waals surface area (Å²) in [6, 6.07) is 2.03. The van der Waals surface area contributed by atoms with Gasteiger partial charge in [0.25, 0.3) is 0 Å². The lowest BCUT2D eigenvalue weighted by Crippen LogP contribution is -2.14. The molecule has 1 fully saturated rings. The van der Waals surface area contributed by atoms with E-state index in [1.165, 1.54) is 18.7 Å². The fraction of sp³-hybridized carbons (Fsp3) is 0.636. The van der Waals surface area contributed by atoms with Gasteiger partial charge in [0.1, 0.15) is 5.82 Å². The van der Waals surface area contributed by atoms with Gasteiger partial charge in [0.05, 0.1) is 0 Å². The average Bonchev–Trinajstić information content (AvgIpc) is 2.66. The van der Waals surface area contributed by atoms with Crippen LogP contribution in [0.2, 0.25) is 0 Å². The molecule has 1 saturated heterocycles. The molecule has 4 nitrogen and oxygen atoms in total. The summed E-state index contributed by atoms with van der Waals surface area (Å²) in [4.78, 5) is 11.1. The highest BCUT2D eigenvalue weighted by Gasteiger charge is 2.22. The van der Waals surface area contributed by atoms with Crippen LogP contribution in [0.1, 0.15) is 23.9 Å². The van der Waals surface area contributed by atoms with Crippen molar-refractivity contribution in [1.29, 1.82) is 0 Å². The van der Waals surface area contributed by atoms with Crippen LogP contribution in [0.5, 0.6) is 0 Å². The summed E-state index contributed by atoms with van der Waals surface area (Å²) in [6.45, 7) is 2.90. The van der Waals surface area contributed by atoms with E-state index in [1.807, 2.05) is 12.3 Å². The first-order valence-corrected chi connectivity index (χ1v) is 5.50. The molecule has 0 radical (unpaired) electrons. The topological polar surface area (TPSA) is 55.0 Å². The van der Waals surface area contributed by atoms with Crippen molar-refractivity contribution >= 4 is 0 Å². The lowest BCUT2D eigenvalue weighted by molar-refractivity contribution is 0.410. The van der Waals surface area contributed by atoms with Crippen molar-refractivity contribution in [2.45, 2.75) is 18.8 Å². The first-order valence-electron chi connectivity index (χ1n) is 5.50. The van der Waals surface area contributed by atoms with Crippen molar-refractivity contribution in [2.24, 2.45) is 5.73 Å². The van der Waals surface area contributed by atoms with Crippen molar-refractivity contribution in [1.82, 2.24) is 14.9 Å². The van der Waals surface area contributed by atoms with Crippen LogP contribution in [0.15, 0.2) is 12.3 Å². The molecule has 0 bridgehead atoms. The zero-order chi connectivity index (χ0) is 10.7. The fourth-order valence-electron chi connectivity index (χ4n) is 2.07. The van der Waals surface area contributed by atoms with Crippen LogP contribution in [-0.4, -0.2) is 41.5 Å². The zero-order valence-corrected chi connectivity index (χ0v) is 9.19. The van der Waals surface area contributed by atoms with Gasteiger partial charge in [-0.05, 0) is 32.6 Å². The van der Waals surface area contributed by atoms with Gasteiger partial charge in [-0.1, -0.05) is 0 Å². The average molecular weight is 206 g/mol. The molecule has 0 aliphatic carbocycles. The molecule has 15 heavy (non-hydrogen) atoms. The number of likely N-dealkylation sites (tertiary alicyclic amines) is 1. The van der Waals surface area contributed by atoms with Gasteiger partial charge in [0, 0.05) is 30.8 Å². The highest BCUT2D eigenvalue weighted by atomic mass is 15.1. The Hall–Kier alpha value is -1.00. The molecule has 1 unspecified atom stereocenters. The predicted molar refractivity (Wildman–Crippen MR) is 59.6 cm³/mol. The number of hydrogen-bond donors (Lipinski definition) is 1. The van der Waals surface area contributed by atoms with Crippen molar-refractivity contribution in [2.75, 3.05) is 26.7 Å². The highest BCUT2D eigenvalue weighted by Crippen LogP contribution is 2.24. The molecular formula is C11H18N4. The van der Waals surface area contributed by atoms with E-state index in [0.29, 0.717) is 12.5 Å². The van der Waals surface area contributed by atoms with Gasteiger partial charge in [0.2, 0.25) is 0 Å². The van der Waals surface area contributed by atoms with Crippen molar-refractivity contribution in [3.8, 4) is 0 Å². The summed E-state index contributed by atoms with van der Waals surface area (Å²) in [5, 5.41) is 0. The van der Waals surface area contributed by atoms with Crippen molar-refractivity contribution in [3.05, 3.63) is 23.8 Å². The summed E-state index contributed by atoms with van der Waals surface area (Å²) in [6.07, 6.45) is 3.83. The Balaban J connectivity index is 2.10. The molecule has 0 aromatic carbocycles. The van der Waals surface area contributed by atoms with E-state index >= 15 is 0 Å². The van der Waals surface area contributed by atoms with Crippen LogP contribution >= 0.6 is 0 Å². The fourth-order valence-corrected chi connectivity index (χ4v) is 2.07. The molecule has 0 amide bonds.